The number of anilines is 1. The highest BCUT2D eigenvalue weighted by Crippen LogP contribution is 2.25. The van der Waals surface area contributed by atoms with Crippen LogP contribution < -0.4 is 10.1 Å². The molecule has 0 bridgehead atoms. The molecular formula is C19H18N4O2. The van der Waals surface area contributed by atoms with E-state index in [1.54, 1.807) is 0 Å². The molecule has 126 valence electrons. The van der Waals surface area contributed by atoms with Crippen molar-refractivity contribution in [3.63, 3.8) is 0 Å². The number of rotatable bonds is 4. The fraction of sp³-hybridized carbons (Fsp3) is 0.211. The number of nitrogens with one attached hydrogen (secondary N) is 2. The van der Waals surface area contributed by atoms with Gasteiger partial charge in [0.05, 0.1) is 11.4 Å². The van der Waals surface area contributed by atoms with Gasteiger partial charge in [-0.15, -0.1) is 0 Å². The number of H-pyrrole nitrogens is 1. The van der Waals surface area contributed by atoms with Gasteiger partial charge in [0.25, 0.3) is 0 Å². The molecule has 6 nitrogen and oxygen atoms in total. The summed E-state index contributed by atoms with van der Waals surface area (Å²) in [6.07, 6.45) is 2.21. The minimum atomic E-state index is -0.0714. The fourth-order valence-electron chi connectivity index (χ4n) is 2.98. The second kappa shape index (κ2) is 6.76. The molecule has 6 heteroatoms. The lowest BCUT2D eigenvalue weighted by atomic mass is 9.89. The highest BCUT2D eigenvalue weighted by molar-refractivity contribution is 5.92. The molecule has 0 radical (unpaired) electrons. The first kappa shape index (κ1) is 15.4. The standard InChI is InChI=1S/C19H18N4O2/c24-19(13-6-11-17-18(12-13)22-23-21-17)20-14-7-9-16(10-8-14)25-15-4-2-1-3-5-15/h1-5,7-10,13H,6,11-12H2,(H,20,24)(H,21,22,23). The molecule has 1 atom stereocenters. The third-order valence-electron chi connectivity index (χ3n) is 4.34. The van der Waals surface area contributed by atoms with Crippen molar-refractivity contribution in [2.75, 3.05) is 5.32 Å². The van der Waals surface area contributed by atoms with Crippen molar-refractivity contribution in [1.29, 1.82) is 0 Å². The topological polar surface area (TPSA) is 79.9 Å². The van der Waals surface area contributed by atoms with Gasteiger partial charge in [-0.05, 0) is 49.2 Å². The largest absolute Gasteiger partial charge is 0.457 e. The maximum Gasteiger partial charge on any atom is 0.227 e. The molecule has 0 fully saturated rings. The zero-order valence-corrected chi connectivity index (χ0v) is 13.6. The van der Waals surface area contributed by atoms with Crippen LogP contribution in [-0.2, 0) is 17.6 Å². The number of carbonyl (C=O) groups excluding carboxylic acids is 1. The Morgan fingerprint density at radius 3 is 2.52 bits per heavy atom. The molecule has 1 aromatic heterocycles. The van der Waals surface area contributed by atoms with Crippen LogP contribution >= 0.6 is 0 Å². The van der Waals surface area contributed by atoms with Crippen LogP contribution in [0.15, 0.2) is 54.6 Å². The van der Waals surface area contributed by atoms with Crippen LogP contribution in [0.5, 0.6) is 11.5 Å². The minimum Gasteiger partial charge on any atom is -0.457 e. The number of carbonyl (C=O) groups is 1. The van der Waals surface area contributed by atoms with E-state index in [0.717, 1.165) is 41.4 Å². The van der Waals surface area contributed by atoms with Gasteiger partial charge in [0.2, 0.25) is 5.91 Å². The summed E-state index contributed by atoms with van der Waals surface area (Å²) in [5, 5.41) is 13.8. The van der Waals surface area contributed by atoms with E-state index in [4.69, 9.17) is 4.74 Å². The van der Waals surface area contributed by atoms with Crippen LogP contribution in [0.4, 0.5) is 5.69 Å². The first-order valence-corrected chi connectivity index (χ1v) is 8.30. The third-order valence-corrected chi connectivity index (χ3v) is 4.34. The van der Waals surface area contributed by atoms with Gasteiger partial charge in [-0.2, -0.15) is 15.4 Å². The number of benzene rings is 2. The number of hydrogen-bond donors (Lipinski definition) is 2. The molecule has 1 amide bonds. The van der Waals surface area contributed by atoms with Gasteiger partial charge in [0, 0.05) is 18.0 Å². The van der Waals surface area contributed by atoms with Crippen molar-refractivity contribution >= 4 is 11.6 Å². The van der Waals surface area contributed by atoms with E-state index in [1.807, 2.05) is 54.6 Å². The Labute approximate surface area is 145 Å². The Morgan fingerprint density at radius 1 is 1.00 bits per heavy atom. The molecule has 0 saturated heterocycles. The van der Waals surface area contributed by atoms with Crippen LogP contribution in [0, 0.1) is 5.92 Å². The number of fused-ring (bicyclic) bond motifs is 1. The van der Waals surface area contributed by atoms with Crippen LogP contribution in [0.1, 0.15) is 17.8 Å². The lowest BCUT2D eigenvalue weighted by molar-refractivity contribution is -0.120. The van der Waals surface area contributed by atoms with Gasteiger partial charge in [-0.1, -0.05) is 18.2 Å². The highest BCUT2D eigenvalue weighted by Gasteiger charge is 2.27. The van der Waals surface area contributed by atoms with Crippen molar-refractivity contribution in [2.45, 2.75) is 19.3 Å². The number of aromatic nitrogens is 3. The number of nitrogens with zero attached hydrogens (tertiary/aromatic N) is 2. The van der Waals surface area contributed by atoms with Crippen LogP contribution in [0.25, 0.3) is 0 Å². The number of aryl methyl sites for hydroxylation is 1. The predicted molar refractivity (Wildman–Crippen MR) is 93.5 cm³/mol. The van der Waals surface area contributed by atoms with Gasteiger partial charge >= 0.3 is 0 Å². The summed E-state index contributed by atoms with van der Waals surface area (Å²) in [5.41, 5.74) is 2.64. The molecule has 1 aliphatic carbocycles. The van der Waals surface area contributed by atoms with E-state index in [-0.39, 0.29) is 11.8 Å². The summed E-state index contributed by atoms with van der Waals surface area (Å²) in [5.74, 6) is 1.46. The Morgan fingerprint density at radius 2 is 1.72 bits per heavy atom. The Kier molecular flexibility index (Phi) is 4.16. The molecule has 1 aliphatic rings. The van der Waals surface area contributed by atoms with Crippen molar-refractivity contribution in [3.05, 3.63) is 66.0 Å². The van der Waals surface area contributed by atoms with E-state index in [0.29, 0.717) is 6.42 Å². The van der Waals surface area contributed by atoms with E-state index < -0.39 is 0 Å². The lowest BCUT2D eigenvalue weighted by Gasteiger charge is -2.19. The second-order valence-electron chi connectivity index (χ2n) is 6.09. The SMILES string of the molecule is O=C(Nc1ccc(Oc2ccccc2)cc1)C1CCc2n[nH]nc2C1. The zero-order chi connectivity index (χ0) is 17.1. The Hall–Kier alpha value is -3.15. The Balaban J connectivity index is 1.37. The summed E-state index contributed by atoms with van der Waals surface area (Å²) in [6.45, 7) is 0. The summed E-state index contributed by atoms with van der Waals surface area (Å²) in [7, 11) is 0. The normalized spacial score (nSPS) is 16.1. The van der Waals surface area contributed by atoms with Gasteiger partial charge in [-0.3, -0.25) is 4.79 Å². The summed E-state index contributed by atoms with van der Waals surface area (Å²) >= 11 is 0. The van der Waals surface area contributed by atoms with Crippen molar-refractivity contribution < 1.29 is 9.53 Å². The van der Waals surface area contributed by atoms with Gasteiger partial charge in [-0.25, -0.2) is 0 Å². The van der Waals surface area contributed by atoms with E-state index in [1.165, 1.54) is 0 Å². The highest BCUT2D eigenvalue weighted by atomic mass is 16.5. The molecule has 4 rings (SSSR count). The molecule has 1 unspecified atom stereocenters. The molecule has 0 spiro atoms. The molecule has 0 aliphatic heterocycles. The average Bonchev–Trinajstić information content (AvgIpc) is 3.12. The summed E-state index contributed by atoms with van der Waals surface area (Å²) in [6, 6.07) is 17.0. The second-order valence-corrected chi connectivity index (χ2v) is 6.09. The minimum absolute atomic E-state index is 0.0189. The summed E-state index contributed by atoms with van der Waals surface area (Å²) in [4.78, 5) is 12.5. The lowest BCUT2D eigenvalue weighted by Crippen LogP contribution is -2.28. The predicted octanol–water partition coefficient (Wildman–Crippen LogP) is 3.34. The van der Waals surface area contributed by atoms with Gasteiger partial charge in [0.15, 0.2) is 0 Å². The number of ether oxygens (including phenoxy) is 1. The maximum absolute atomic E-state index is 12.5. The Bertz CT molecular complexity index is 859. The number of para-hydroxylation sites is 1. The zero-order valence-electron chi connectivity index (χ0n) is 13.6. The fourth-order valence-corrected chi connectivity index (χ4v) is 2.98. The van der Waals surface area contributed by atoms with Crippen molar-refractivity contribution in [2.24, 2.45) is 5.92 Å². The quantitative estimate of drug-likeness (QED) is 0.767. The molecule has 25 heavy (non-hydrogen) atoms. The van der Waals surface area contributed by atoms with Gasteiger partial charge in [0.1, 0.15) is 11.5 Å². The first-order chi connectivity index (χ1) is 12.3. The third kappa shape index (κ3) is 3.52. The van der Waals surface area contributed by atoms with E-state index in [2.05, 4.69) is 20.7 Å². The first-order valence-electron chi connectivity index (χ1n) is 8.30. The summed E-state index contributed by atoms with van der Waals surface area (Å²) < 4.78 is 5.75. The molecular weight excluding hydrogens is 316 g/mol. The number of amides is 1. The van der Waals surface area contributed by atoms with Crippen LogP contribution in [-0.4, -0.2) is 21.3 Å². The molecule has 1 heterocycles. The molecule has 0 saturated carbocycles. The maximum atomic E-state index is 12.5. The van der Waals surface area contributed by atoms with E-state index in [9.17, 15) is 4.79 Å². The van der Waals surface area contributed by atoms with E-state index >= 15 is 0 Å². The average molecular weight is 334 g/mol. The van der Waals surface area contributed by atoms with Crippen LogP contribution in [0.3, 0.4) is 0 Å². The van der Waals surface area contributed by atoms with Crippen molar-refractivity contribution in [3.8, 4) is 11.5 Å². The smallest absolute Gasteiger partial charge is 0.227 e. The van der Waals surface area contributed by atoms with Crippen LogP contribution in [0.2, 0.25) is 0 Å². The molecule has 3 aromatic rings. The van der Waals surface area contributed by atoms with Gasteiger partial charge < -0.3 is 10.1 Å². The molecule has 2 N–H and O–H groups in total. The number of aromatic amines is 1. The number of hydrogen-bond acceptors (Lipinski definition) is 4. The van der Waals surface area contributed by atoms with Crippen molar-refractivity contribution in [1.82, 2.24) is 15.4 Å². The molecule has 2 aromatic carbocycles. The monoisotopic (exact) mass is 334 g/mol.